The van der Waals surface area contributed by atoms with Gasteiger partial charge < -0.3 is 19.8 Å². The molecule has 7 nitrogen and oxygen atoms in total. The summed E-state index contributed by atoms with van der Waals surface area (Å²) in [7, 11) is 3.46. The molecule has 0 spiro atoms. The fourth-order valence-electron chi connectivity index (χ4n) is 4.73. The normalized spacial score (nSPS) is 22.6. The first kappa shape index (κ1) is 21.1. The minimum Gasteiger partial charge on any atom is -0.394 e. The number of hydrogen-bond donors (Lipinski definition) is 1. The number of amides is 3. The molecule has 7 heteroatoms. The average molecular weight is 421 g/mol. The molecule has 0 aliphatic carbocycles. The van der Waals surface area contributed by atoms with Crippen molar-refractivity contribution in [2.45, 2.75) is 24.9 Å². The first-order valence-electron chi connectivity index (χ1n) is 10.4. The Labute approximate surface area is 181 Å². The number of rotatable bonds is 4. The standard InChI is InChI=1S/C24H27N3O4/c1-15(29)26-12-20-23(21(14-28)27(20)22(30)13-26)17-9-7-16(8-10-17)18-5-4-6-19(11-18)24(31)25(2)3/h4-11,20-21,23,28H,12-14H2,1-3H3/t20-,21-,23+/m0/s1. The van der Waals surface area contributed by atoms with E-state index in [2.05, 4.69) is 0 Å². The molecule has 2 heterocycles. The first-order valence-corrected chi connectivity index (χ1v) is 10.4. The summed E-state index contributed by atoms with van der Waals surface area (Å²) in [5, 5.41) is 9.90. The summed E-state index contributed by atoms with van der Waals surface area (Å²) in [6.45, 7) is 1.93. The summed E-state index contributed by atoms with van der Waals surface area (Å²) in [6.07, 6.45) is 0. The largest absolute Gasteiger partial charge is 0.394 e. The first-order chi connectivity index (χ1) is 14.8. The fourth-order valence-corrected chi connectivity index (χ4v) is 4.73. The van der Waals surface area contributed by atoms with Crippen LogP contribution in [-0.4, -0.2) is 83.4 Å². The Hall–Kier alpha value is -3.19. The van der Waals surface area contributed by atoms with Crippen LogP contribution in [0.1, 0.15) is 28.8 Å². The molecule has 4 rings (SSSR count). The lowest BCUT2D eigenvalue weighted by molar-refractivity contribution is -0.166. The number of fused-ring (bicyclic) bond motifs is 1. The van der Waals surface area contributed by atoms with Crippen molar-refractivity contribution in [2.75, 3.05) is 33.8 Å². The van der Waals surface area contributed by atoms with E-state index in [4.69, 9.17) is 0 Å². The minimum atomic E-state index is -0.265. The zero-order valence-corrected chi connectivity index (χ0v) is 18.0. The van der Waals surface area contributed by atoms with Gasteiger partial charge >= 0.3 is 0 Å². The van der Waals surface area contributed by atoms with E-state index >= 15 is 0 Å². The third-order valence-electron chi connectivity index (χ3n) is 6.34. The lowest BCUT2D eigenvalue weighted by atomic mass is 9.73. The third-order valence-corrected chi connectivity index (χ3v) is 6.34. The second kappa shape index (κ2) is 8.15. The van der Waals surface area contributed by atoms with Gasteiger partial charge in [0.15, 0.2) is 0 Å². The molecule has 2 aliphatic heterocycles. The second-order valence-corrected chi connectivity index (χ2v) is 8.45. The number of carbonyl (C=O) groups excluding carboxylic acids is 3. The molecule has 3 atom stereocenters. The van der Waals surface area contributed by atoms with Crippen LogP contribution in [0.3, 0.4) is 0 Å². The molecule has 0 saturated carbocycles. The molecule has 2 aromatic carbocycles. The van der Waals surface area contributed by atoms with Crippen LogP contribution in [0.4, 0.5) is 0 Å². The number of carbonyl (C=O) groups is 3. The molecule has 2 aliphatic rings. The molecule has 2 aromatic rings. The van der Waals surface area contributed by atoms with Crippen molar-refractivity contribution in [1.29, 1.82) is 0 Å². The van der Waals surface area contributed by atoms with Gasteiger partial charge in [0.05, 0.1) is 25.2 Å². The summed E-state index contributed by atoms with van der Waals surface area (Å²) in [5.74, 6) is -0.287. The van der Waals surface area contributed by atoms with Crippen molar-refractivity contribution in [3.63, 3.8) is 0 Å². The highest BCUT2D eigenvalue weighted by Crippen LogP contribution is 2.43. The number of aliphatic hydroxyl groups excluding tert-OH is 1. The molecule has 1 N–H and O–H groups in total. The van der Waals surface area contributed by atoms with E-state index < -0.39 is 0 Å². The van der Waals surface area contributed by atoms with Gasteiger partial charge in [-0.3, -0.25) is 14.4 Å². The quantitative estimate of drug-likeness (QED) is 0.813. The minimum absolute atomic E-state index is 0.0215. The van der Waals surface area contributed by atoms with E-state index in [-0.39, 0.29) is 48.9 Å². The average Bonchev–Trinajstić information content (AvgIpc) is 2.74. The van der Waals surface area contributed by atoms with Crippen LogP contribution in [-0.2, 0) is 9.59 Å². The van der Waals surface area contributed by atoms with Crippen molar-refractivity contribution in [3.05, 3.63) is 59.7 Å². The molecule has 0 aromatic heterocycles. The highest BCUT2D eigenvalue weighted by molar-refractivity contribution is 5.95. The van der Waals surface area contributed by atoms with Gasteiger partial charge in [0.1, 0.15) is 0 Å². The van der Waals surface area contributed by atoms with Crippen LogP contribution >= 0.6 is 0 Å². The predicted molar refractivity (Wildman–Crippen MR) is 116 cm³/mol. The highest BCUT2D eigenvalue weighted by Gasteiger charge is 2.54. The van der Waals surface area contributed by atoms with Crippen LogP contribution in [0, 0.1) is 0 Å². The molecule has 162 valence electrons. The van der Waals surface area contributed by atoms with Crippen molar-refractivity contribution in [2.24, 2.45) is 0 Å². The predicted octanol–water partition coefficient (Wildman–Crippen LogP) is 1.57. The molecule has 31 heavy (non-hydrogen) atoms. The second-order valence-electron chi connectivity index (χ2n) is 8.45. The van der Waals surface area contributed by atoms with E-state index in [1.165, 1.54) is 6.92 Å². The van der Waals surface area contributed by atoms with Crippen molar-refractivity contribution < 1.29 is 19.5 Å². The van der Waals surface area contributed by atoms with Crippen LogP contribution < -0.4 is 0 Å². The van der Waals surface area contributed by atoms with E-state index in [1.807, 2.05) is 42.5 Å². The molecule has 2 saturated heterocycles. The van der Waals surface area contributed by atoms with Gasteiger partial charge in [-0.15, -0.1) is 0 Å². The number of hydrogen-bond acceptors (Lipinski definition) is 4. The topological polar surface area (TPSA) is 81.2 Å². The van der Waals surface area contributed by atoms with Gasteiger partial charge in [0.2, 0.25) is 11.8 Å². The van der Waals surface area contributed by atoms with Crippen molar-refractivity contribution in [1.82, 2.24) is 14.7 Å². The Kier molecular flexibility index (Phi) is 5.54. The monoisotopic (exact) mass is 421 g/mol. The Bertz CT molecular complexity index is 1020. The SMILES string of the molecule is CC(=O)N1CC(=O)N2[C@@H](CO)[C@H](c3ccc(-c4cccc(C(=O)N(C)C)c4)cc3)[C@@H]2C1. The van der Waals surface area contributed by atoms with E-state index in [0.29, 0.717) is 12.1 Å². The number of benzene rings is 2. The molecular formula is C24H27N3O4. The lowest BCUT2D eigenvalue weighted by Crippen LogP contribution is -2.73. The molecule has 2 fully saturated rings. The summed E-state index contributed by atoms with van der Waals surface area (Å²) < 4.78 is 0. The Morgan fingerprint density at radius 2 is 1.81 bits per heavy atom. The summed E-state index contributed by atoms with van der Waals surface area (Å²) in [6, 6.07) is 15.2. The maximum absolute atomic E-state index is 12.5. The summed E-state index contributed by atoms with van der Waals surface area (Å²) >= 11 is 0. The molecule has 3 amide bonds. The molecule has 0 radical (unpaired) electrons. The van der Waals surface area contributed by atoms with Gasteiger partial charge in [0.25, 0.3) is 5.91 Å². The Morgan fingerprint density at radius 3 is 2.42 bits per heavy atom. The van der Waals surface area contributed by atoms with E-state index in [1.54, 1.807) is 34.9 Å². The van der Waals surface area contributed by atoms with Crippen LogP contribution in [0.2, 0.25) is 0 Å². The molecule has 0 bridgehead atoms. The maximum atomic E-state index is 12.5. The fraction of sp³-hybridized carbons (Fsp3) is 0.375. The van der Waals surface area contributed by atoms with Gasteiger partial charge in [-0.25, -0.2) is 0 Å². The number of piperazine rings is 1. The van der Waals surface area contributed by atoms with E-state index in [0.717, 1.165) is 16.7 Å². The highest BCUT2D eigenvalue weighted by atomic mass is 16.3. The van der Waals surface area contributed by atoms with Gasteiger partial charge in [-0.2, -0.15) is 0 Å². The lowest BCUT2D eigenvalue weighted by Gasteiger charge is -2.58. The number of aliphatic hydroxyl groups is 1. The van der Waals surface area contributed by atoms with Crippen LogP contribution in [0.15, 0.2) is 48.5 Å². The van der Waals surface area contributed by atoms with Crippen molar-refractivity contribution >= 4 is 17.7 Å². The zero-order valence-electron chi connectivity index (χ0n) is 18.0. The Balaban J connectivity index is 1.58. The summed E-state index contributed by atoms with van der Waals surface area (Å²) in [4.78, 5) is 41.4. The van der Waals surface area contributed by atoms with Crippen LogP contribution in [0.25, 0.3) is 11.1 Å². The molecule has 0 unspecified atom stereocenters. The van der Waals surface area contributed by atoms with Gasteiger partial charge in [0, 0.05) is 39.0 Å². The molecular weight excluding hydrogens is 394 g/mol. The van der Waals surface area contributed by atoms with Gasteiger partial charge in [-0.1, -0.05) is 36.4 Å². The smallest absolute Gasteiger partial charge is 0.253 e. The van der Waals surface area contributed by atoms with Crippen molar-refractivity contribution in [3.8, 4) is 11.1 Å². The van der Waals surface area contributed by atoms with Crippen LogP contribution in [0.5, 0.6) is 0 Å². The maximum Gasteiger partial charge on any atom is 0.253 e. The third kappa shape index (κ3) is 3.70. The van der Waals surface area contributed by atoms with E-state index in [9.17, 15) is 19.5 Å². The number of nitrogens with zero attached hydrogens (tertiary/aromatic N) is 3. The Morgan fingerprint density at radius 1 is 1.10 bits per heavy atom. The van der Waals surface area contributed by atoms with Gasteiger partial charge in [-0.05, 0) is 28.8 Å². The zero-order chi connectivity index (χ0) is 22.3. The summed E-state index contributed by atoms with van der Waals surface area (Å²) in [5.41, 5.74) is 3.59.